The Bertz CT molecular complexity index is 261. The second-order valence-electron chi connectivity index (χ2n) is 6.74. The summed E-state index contributed by atoms with van der Waals surface area (Å²) in [5, 5.41) is 3.69. The van der Waals surface area contributed by atoms with Gasteiger partial charge in [0, 0.05) is 13.1 Å². The maximum absolute atomic E-state index is 6.72. The van der Waals surface area contributed by atoms with Crippen LogP contribution in [0.1, 0.15) is 64.7 Å². The van der Waals surface area contributed by atoms with Crippen LogP contribution in [0.5, 0.6) is 0 Å². The molecule has 0 aromatic carbocycles. The molecule has 1 unspecified atom stereocenters. The van der Waals surface area contributed by atoms with Crippen molar-refractivity contribution in [3.8, 4) is 0 Å². The fourth-order valence-corrected chi connectivity index (χ4v) is 4.34. The van der Waals surface area contributed by atoms with Crippen molar-refractivity contribution in [2.45, 2.75) is 75.9 Å². The van der Waals surface area contributed by atoms with Gasteiger partial charge in [-0.05, 0) is 38.5 Å². The van der Waals surface area contributed by atoms with E-state index in [0.717, 1.165) is 19.0 Å². The van der Waals surface area contributed by atoms with Crippen LogP contribution in [0, 0.1) is 5.92 Å². The summed E-state index contributed by atoms with van der Waals surface area (Å²) in [6.45, 7) is 4.53. The van der Waals surface area contributed by atoms with Crippen LogP contribution in [0.4, 0.5) is 0 Å². The molecule has 0 radical (unpaired) electrons. The Morgan fingerprint density at radius 3 is 2.35 bits per heavy atom. The van der Waals surface area contributed by atoms with E-state index in [1.165, 1.54) is 57.8 Å². The molecule has 2 heteroatoms. The second-order valence-corrected chi connectivity index (χ2v) is 6.74. The Balaban J connectivity index is 1.73. The number of morpholine rings is 1. The molecule has 0 amide bonds. The van der Waals surface area contributed by atoms with Crippen molar-refractivity contribution >= 4 is 0 Å². The molecule has 3 fully saturated rings. The van der Waals surface area contributed by atoms with Crippen LogP contribution in [0.3, 0.4) is 0 Å². The van der Waals surface area contributed by atoms with Crippen LogP contribution in [0.15, 0.2) is 0 Å². The van der Waals surface area contributed by atoms with Gasteiger partial charge in [0.25, 0.3) is 0 Å². The average molecular weight is 237 g/mol. The molecule has 3 aliphatic rings. The van der Waals surface area contributed by atoms with Crippen LogP contribution in [0.25, 0.3) is 0 Å². The van der Waals surface area contributed by atoms with E-state index in [0.29, 0.717) is 0 Å². The summed E-state index contributed by atoms with van der Waals surface area (Å²) in [4.78, 5) is 0. The molecule has 2 saturated carbocycles. The van der Waals surface area contributed by atoms with E-state index < -0.39 is 0 Å². The molecule has 1 saturated heterocycles. The lowest BCUT2D eigenvalue weighted by atomic mass is 9.79. The zero-order valence-electron chi connectivity index (χ0n) is 11.3. The lowest BCUT2D eigenvalue weighted by molar-refractivity contribution is -0.204. The highest BCUT2D eigenvalue weighted by Gasteiger charge is 2.47. The van der Waals surface area contributed by atoms with Gasteiger partial charge in [0.15, 0.2) is 0 Å². The zero-order valence-corrected chi connectivity index (χ0v) is 11.3. The number of ether oxygens (including phenoxy) is 1. The van der Waals surface area contributed by atoms with Gasteiger partial charge in [-0.15, -0.1) is 0 Å². The highest BCUT2D eigenvalue weighted by Crippen LogP contribution is 2.43. The first-order valence-corrected chi connectivity index (χ1v) is 7.63. The molecule has 17 heavy (non-hydrogen) atoms. The quantitative estimate of drug-likeness (QED) is 0.756. The molecule has 1 N–H and O–H groups in total. The lowest BCUT2D eigenvalue weighted by Gasteiger charge is -2.51. The fraction of sp³-hybridized carbons (Fsp3) is 1.00. The molecular weight excluding hydrogens is 210 g/mol. The summed E-state index contributed by atoms with van der Waals surface area (Å²) in [5.41, 5.74) is 0.305. The molecule has 1 heterocycles. The minimum Gasteiger partial charge on any atom is -0.366 e. The summed E-state index contributed by atoms with van der Waals surface area (Å²) in [6, 6.07) is 0. The van der Waals surface area contributed by atoms with Crippen LogP contribution in [-0.2, 0) is 4.74 Å². The van der Waals surface area contributed by atoms with E-state index in [1.54, 1.807) is 0 Å². The Kier molecular flexibility index (Phi) is 3.20. The summed E-state index contributed by atoms with van der Waals surface area (Å²) in [6.07, 6.45) is 12.3. The van der Waals surface area contributed by atoms with Gasteiger partial charge < -0.3 is 10.1 Å². The van der Waals surface area contributed by atoms with Gasteiger partial charge in [-0.2, -0.15) is 0 Å². The van der Waals surface area contributed by atoms with Crippen molar-refractivity contribution in [1.82, 2.24) is 5.32 Å². The lowest BCUT2D eigenvalue weighted by Crippen LogP contribution is -2.62. The summed E-state index contributed by atoms with van der Waals surface area (Å²) >= 11 is 0. The van der Waals surface area contributed by atoms with Crippen LogP contribution in [0.2, 0.25) is 0 Å². The minimum atomic E-state index is 0.117. The number of hydrogen-bond donors (Lipinski definition) is 1. The first kappa shape index (κ1) is 12.0. The largest absolute Gasteiger partial charge is 0.366 e. The highest BCUT2D eigenvalue weighted by molar-refractivity contribution is 4.99. The van der Waals surface area contributed by atoms with Gasteiger partial charge in [0.1, 0.15) is 0 Å². The minimum absolute atomic E-state index is 0.117. The Labute approximate surface area is 105 Å². The van der Waals surface area contributed by atoms with E-state index in [2.05, 4.69) is 12.2 Å². The summed E-state index contributed by atoms with van der Waals surface area (Å²) in [7, 11) is 0. The SMILES string of the molecule is CC1(C2CCCC2)CNCC2(CCCCC2)O1. The van der Waals surface area contributed by atoms with Gasteiger partial charge in [-0.1, -0.05) is 32.1 Å². The van der Waals surface area contributed by atoms with Gasteiger partial charge in [-0.3, -0.25) is 0 Å². The van der Waals surface area contributed by atoms with Crippen LogP contribution < -0.4 is 5.32 Å². The van der Waals surface area contributed by atoms with Gasteiger partial charge >= 0.3 is 0 Å². The third kappa shape index (κ3) is 2.26. The number of rotatable bonds is 1. The Hall–Kier alpha value is -0.0800. The maximum atomic E-state index is 6.72. The van der Waals surface area contributed by atoms with Gasteiger partial charge in [-0.25, -0.2) is 0 Å². The standard InChI is InChI=1S/C15H27NO/c1-14(13-7-3-4-8-13)11-16-12-15(17-14)9-5-2-6-10-15/h13,16H,2-12H2,1H3. The molecule has 0 aromatic rings. The molecule has 1 spiro atoms. The van der Waals surface area contributed by atoms with Crippen molar-refractivity contribution in [3.63, 3.8) is 0 Å². The molecule has 1 aliphatic heterocycles. The molecule has 98 valence electrons. The molecule has 1 atom stereocenters. The molecule has 2 aliphatic carbocycles. The first-order valence-electron chi connectivity index (χ1n) is 7.63. The third-order valence-corrected chi connectivity index (χ3v) is 5.36. The van der Waals surface area contributed by atoms with Gasteiger partial charge in [0.05, 0.1) is 11.2 Å². The average Bonchev–Trinajstić information content (AvgIpc) is 2.84. The summed E-state index contributed by atoms with van der Waals surface area (Å²) in [5.74, 6) is 0.800. The van der Waals surface area contributed by atoms with Gasteiger partial charge in [0.2, 0.25) is 0 Å². The van der Waals surface area contributed by atoms with Crippen molar-refractivity contribution in [2.24, 2.45) is 5.92 Å². The van der Waals surface area contributed by atoms with Crippen molar-refractivity contribution in [3.05, 3.63) is 0 Å². The van der Waals surface area contributed by atoms with E-state index in [9.17, 15) is 0 Å². The van der Waals surface area contributed by atoms with Crippen molar-refractivity contribution in [1.29, 1.82) is 0 Å². The number of hydrogen-bond acceptors (Lipinski definition) is 2. The van der Waals surface area contributed by atoms with Crippen molar-refractivity contribution < 1.29 is 4.74 Å². The van der Waals surface area contributed by atoms with E-state index in [4.69, 9.17) is 4.74 Å². The van der Waals surface area contributed by atoms with E-state index >= 15 is 0 Å². The topological polar surface area (TPSA) is 21.3 Å². The van der Waals surface area contributed by atoms with E-state index in [-0.39, 0.29) is 11.2 Å². The maximum Gasteiger partial charge on any atom is 0.0814 e. The predicted molar refractivity (Wildman–Crippen MR) is 70.1 cm³/mol. The van der Waals surface area contributed by atoms with E-state index in [1.807, 2.05) is 0 Å². The number of nitrogens with one attached hydrogen (secondary N) is 1. The highest BCUT2D eigenvalue weighted by atomic mass is 16.5. The molecule has 0 bridgehead atoms. The summed E-state index contributed by atoms with van der Waals surface area (Å²) < 4.78 is 6.72. The van der Waals surface area contributed by atoms with Crippen LogP contribution >= 0.6 is 0 Å². The normalized spacial score (nSPS) is 38.6. The van der Waals surface area contributed by atoms with Crippen LogP contribution in [-0.4, -0.2) is 24.3 Å². The first-order chi connectivity index (χ1) is 8.23. The molecule has 2 nitrogen and oxygen atoms in total. The Morgan fingerprint density at radius 1 is 0.941 bits per heavy atom. The monoisotopic (exact) mass is 237 g/mol. The smallest absolute Gasteiger partial charge is 0.0814 e. The fourth-order valence-electron chi connectivity index (χ4n) is 4.34. The Morgan fingerprint density at radius 2 is 1.65 bits per heavy atom. The van der Waals surface area contributed by atoms with Crippen molar-refractivity contribution in [2.75, 3.05) is 13.1 Å². The second kappa shape index (κ2) is 4.55. The molecule has 0 aromatic heterocycles. The molecular formula is C15H27NO. The third-order valence-electron chi connectivity index (χ3n) is 5.36. The predicted octanol–water partition coefficient (Wildman–Crippen LogP) is 3.26. The zero-order chi connectivity index (χ0) is 11.8. The molecule has 3 rings (SSSR count).